The summed E-state index contributed by atoms with van der Waals surface area (Å²) in [4.78, 5) is 11.1. The molecular weight excluding hydrogens is 297 g/mol. The smallest absolute Gasteiger partial charge is 0.480 e. The topological polar surface area (TPSA) is 80.0 Å². The number of hydrogen-bond acceptors (Lipinski definition) is 6. The third-order valence-corrected chi connectivity index (χ3v) is 4.39. The Kier molecular flexibility index (Phi) is 4.75. The highest BCUT2D eigenvalue weighted by Gasteiger charge is 2.53. The Morgan fingerprint density at radius 3 is 2.22 bits per heavy atom. The Bertz CT molecular complexity index is 586. The maximum atomic E-state index is 11.1. The van der Waals surface area contributed by atoms with Crippen molar-refractivity contribution in [3.05, 3.63) is 23.8 Å². The van der Waals surface area contributed by atoms with E-state index in [0.717, 1.165) is 5.56 Å². The van der Waals surface area contributed by atoms with Gasteiger partial charge in [-0.25, -0.2) is 0 Å². The lowest BCUT2D eigenvalue weighted by atomic mass is 9.75. The number of rotatable bonds is 4. The van der Waals surface area contributed by atoms with Crippen LogP contribution in [0.15, 0.2) is 18.2 Å². The first-order valence-electron chi connectivity index (χ1n) is 7.55. The molecule has 2 rings (SSSR count). The summed E-state index contributed by atoms with van der Waals surface area (Å²) in [7, 11) is 0.941. The lowest BCUT2D eigenvalue weighted by molar-refractivity contribution is -0.132. The normalized spacial score (nSPS) is 20.2. The van der Waals surface area contributed by atoms with Crippen LogP contribution in [0.5, 0.6) is 11.5 Å². The van der Waals surface area contributed by atoms with Crippen molar-refractivity contribution in [2.45, 2.75) is 51.8 Å². The SMILES string of the molecule is COc1cc([C@H](N)B2OC(C)(C)C(C)(C)O2)ccc1OC(C)=O. The molecule has 0 amide bonds. The Morgan fingerprint density at radius 2 is 1.74 bits per heavy atom. The molecular formula is C16H24BNO5. The summed E-state index contributed by atoms with van der Waals surface area (Å²) < 4.78 is 22.3. The van der Waals surface area contributed by atoms with E-state index in [4.69, 9.17) is 24.5 Å². The second-order valence-corrected chi connectivity index (χ2v) is 6.65. The van der Waals surface area contributed by atoms with Gasteiger partial charge in [-0.15, -0.1) is 0 Å². The largest absolute Gasteiger partial charge is 0.493 e. The highest BCUT2D eigenvalue weighted by molar-refractivity contribution is 6.47. The summed E-state index contributed by atoms with van der Waals surface area (Å²) >= 11 is 0. The van der Waals surface area contributed by atoms with Gasteiger partial charge in [0.1, 0.15) is 0 Å². The molecule has 0 aromatic heterocycles. The van der Waals surface area contributed by atoms with Crippen molar-refractivity contribution in [2.75, 3.05) is 7.11 Å². The molecule has 0 bridgehead atoms. The first-order valence-corrected chi connectivity index (χ1v) is 7.55. The lowest BCUT2D eigenvalue weighted by Gasteiger charge is -2.32. The van der Waals surface area contributed by atoms with E-state index in [9.17, 15) is 4.79 Å². The van der Waals surface area contributed by atoms with Crippen LogP contribution in [-0.2, 0) is 14.1 Å². The summed E-state index contributed by atoms with van der Waals surface area (Å²) in [6.45, 7) is 9.24. The third kappa shape index (κ3) is 3.52. The van der Waals surface area contributed by atoms with Crippen molar-refractivity contribution in [1.29, 1.82) is 0 Å². The van der Waals surface area contributed by atoms with Gasteiger partial charge >= 0.3 is 13.1 Å². The van der Waals surface area contributed by atoms with Gasteiger partial charge < -0.3 is 24.5 Å². The molecule has 0 radical (unpaired) electrons. The molecule has 0 saturated carbocycles. The molecule has 6 nitrogen and oxygen atoms in total. The van der Waals surface area contributed by atoms with Crippen molar-refractivity contribution >= 4 is 13.1 Å². The fraction of sp³-hybridized carbons (Fsp3) is 0.562. The van der Waals surface area contributed by atoms with Crippen LogP contribution in [-0.4, -0.2) is 31.4 Å². The van der Waals surface area contributed by atoms with Gasteiger partial charge in [0.2, 0.25) is 0 Å². The van der Waals surface area contributed by atoms with Crippen LogP contribution in [0.2, 0.25) is 0 Å². The number of benzene rings is 1. The van der Waals surface area contributed by atoms with Crippen LogP contribution in [0.3, 0.4) is 0 Å². The van der Waals surface area contributed by atoms with Gasteiger partial charge in [0, 0.05) is 6.92 Å². The van der Waals surface area contributed by atoms with Crippen LogP contribution >= 0.6 is 0 Å². The summed E-state index contributed by atoms with van der Waals surface area (Å²) in [5.41, 5.74) is 6.18. The maximum absolute atomic E-state index is 11.1. The summed E-state index contributed by atoms with van der Waals surface area (Å²) in [6.07, 6.45) is 0. The van der Waals surface area contributed by atoms with Gasteiger partial charge in [-0.05, 0) is 45.4 Å². The van der Waals surface area contributed by atoms with E-state index >= 15 is 0 Å². The zero-order chi connectivity index (χ0) is 17.4. The van der Waals surface area contributed by atoms with E-state index in [0.29, 0.717) is 11.5 Å². The van der Waals surface area contributed by atoms with E-state index in [1.165, 1.54) is 14.0 Å². The molecule has 1 aliphatic rings. The molecule has 1 aromatic rings. The first kappa shape index (κ1) is 17.8. The predicted molar refractivity (Wildman–Crippen MR) is 87.3 cm³/mol. The molecule has 1 heterocycles. The molecule has 0 spiro atoms. The van der Waals surface area contributed by atoms with Crippen LogP contribution in [0, 0.1) is 0 Å². The van der Waals surface area contributed by atoms with Gasteiger partial charge in [0.25, 0.3) is 0 Å². The van der Waals surface area contributed by atoms with Gasteiger partial charge in [0.05, 0.1) is 24.3 Å². The third-order valence-electron chi connectivity index (χ3n) is 4.39. The van der Waals surface area contributed by atoms with E-state index in [-0.39, 0.29) is 0 Å². The lowest BCUT2D eigenvalue weighted by Crippen LogP contribution is -2.41. The number of esters is 1. The van der Waals surface area contributed by atoms with Crippen molar-refractivity contribution in [2.24, 2.45) is 5.73 Å². The number of carbonyl (C=O) groups excluding carboxylic acids is 1. The average molecular weight is 321 g/mol. The van der Waals surface area contributed by atoms with Gasteiger partial charge in [-0.1, -0.05) is 6.07 Å². The van der Waals surface area contributed by atoms with E-state index in [1.807, 2.05) is 27.7 Å². The minimum absolute atomic E-state index is 0.352. The van der Waals surface area contributed by atoms with E-state index in [2.05, 4.69) is 0 Å². The fourth-order valence-corrected chi connectivity index (χ4v) is 2.32. The van der Waals surface area contributed by atoms with Crippen molar-refractivity contribution < 1.29 is 23.6 Å². The van der Waals surface area contributed by atoms with E-state index in [1.54, 1.807) is 18.2 Å². The average Bonchev–Trinajstić information content (AvgIpc) is 2.66. The Balaban J connectivity index is 2.24. The molecule has 0 aliphatic carbocycles. The highest BCUT2D eigenvalue weighted by atomic mass is 16.7. The van der Waals surface area contributed by atoms with Crippen molar-refractivity contribution in [3.63, 3.8) is 0 Å². The fourth-order valence-electron chi connectivity index (χ4n) is 2.32. The number of carbonyl (C=O) groups is 1. The Labute approximate surface area is 137 Å². The quantitative estimate of drug-likeness (QED) is 0.520. The second-order valence-electron chi connectivity index (χ2n) is 6.65. The zero-order valence-corrected chi connectivity index (χ0v) is 14.5. The predicted octanol–water partition coefficient (Wildman–Crippen LogP) is 2.25. The van der Waals surface area contributed by atoms with E-state index < -0.39 is 30.2 Å². The number of ether oxygens (including phenoxy) is 2. The summed E-state index contributed by atoms with van der Waals surface area (Å²) in [5.74, 6) is -0.114. The van der Waals surface area contributed by atoms with Crippen LogP contribution < -0.4 is 15.2 Å². The van der Waals surface area contributed by atoms with Gasteiger partial charge in [-0.2, -0.15) is 0 Å². The molecule has 1 fully saturated rings. The monoisotopic (exact) mass is 321 g/mol. The maximum Gasteiger partial charge on any atom is 0.480 e. The minimum Gasteiger partial charge on any atom is -0.493 e. The van der Waals surface area contributed by atoms with Gasteiger partial charge in [0.15, 0.2) is 11.5 Å². The number of hydrogen-bond donors (Lipinski definition) is 1. The molecule has 126 valence electrons. The molecule has 2 N–H and O–H groups in total. The molecule has 23 heavy (non-hydrogen) atoms. The second kappa shape index (κ2) is 6.15. The van der Waals surface area contributed by atoms with Crippen molar-refractivity contribution in [3.8, 4) is 11.5 Å². The Hall–Kier alpha value is -1.57. The number of methoxy groups -OCH3 is 1. The van der Waals surface area contributed by atoms with Crippen LogP contribution in [0.1, 0.15) is 46.1 Å². The van der Waals surface area contributed by atoms with Crippen molar-refractivity contribution in [1.82, 2.24) is 0 Å². The van der Waals surface area contributed by atoms with Gasteiger partial charge in [-0.3, -0.25) is 4.79 Å². The molecule has 1 aliphatic heterocycles. The number of nitrogens with two attached hydrogens (primary N) is 1. The summed E-state index contributed by atoms with van der Waals surface area (Å²) in [6, 6.07) is 5.16. The summed E-state index contributed by atoms with van der Waals surface area (Å²) in [5, 5.41) is 0. The van der Waals surface area contributed by atoms with Crippen LogP contribution in [0.25, 0.3) is 0 Å². The molecule has 7 heteroatoms. The molecule has 1 saturated heterocycles. The zero-order valence-electron chi connectivity index (χ0n) is 14.5. The Morgan fingerprint density at radius 1 is 1.17 bits per heavy atom. The first-order chi connectivity index (χ1) is 10.6. The highest BCUT2D eigenvalue weighted by Crippen LogP contribution is 2.40. The standard InChI is InChI=1S/C16H24BNO5/c1-10(19)21-12-8-7-11(9-13(12)20-6)14(18)17-22-15(2,3)16(4,5)23-17/h7-9,14H,18H2,1-6H3/t14-/m0/s1. The molecule has 1 atom stereocenters. The molecule has 1 aromatic carbocycles. The molecule has 0 unspecified atom stereocenters. The van der Waals surface area contributed by atoms with Crippen LogP contribution in [0.4, 0.5) is 0 Å². The minimum atomic E-state index is -0.565.